The van der Waals surface area contributed by atoms with E-state index in [0.717, 1.165) is 19.5 Å². The van der Waals surface area contributed by atoms with Gasteiger partial charge in [-0.2, -0.15) is 0 Å². The van der Waals surface area contributed by atoms with Gasteiger partial charge in [-0.25, -0.2) is 0 Å². The van der Waals surface area contributed by atoms with E-state index >= 15 is 0 Å². The van der Waals surface area contributed by atoms with Crippen molar-refractivity contribution in [3.05, 3.63) is 70.6 Å². The van der Waals surface area contributed by atoms with E-state index < -0.39 is 0 Å². The van der Waals surface area contributed by atoms with Crippen LogP contribution in [0.15, 0.2) is 52.9 Å². The molecule has 0 unspecified atom stereocenters. The van der Waals surface area contributed by atoms with Gasteiger partial charge in [0.2, 0.25) is 17.7 Å². The van der Waals surface area contributed by atoms with Crippen LogP contribution in [0.1, 0.15) is 30.9 Å². The Labute approximate surface area is 181 Å². The zero-order valence-corrected chi connectivity index (χ0v) is 18.0. The summed E-state index contributed by atoms with van der Waals surface area (Å²) in [4.78, 5) is 17.1. The highest BCUT2D eigenvalue weighted by molar-refractivity contribution is 6.33. The third-order valence-electron chi connectivity index (χ3n) is 5.39. The Hall–Kier alpha value is -2.70. The topological polar surface area (TPSA) is 62.5 Å². The van der Waals surface area contributed by atoms with Crippen molar-refractivity contribution in [1.82, 2.24) is 20.0 Å². The quantitative estimate of drug-likeness (QED) is 0.593. The molecule has 0 spiro atoms. The Balaban J connectivity index is 1.43. The summed E-state index contributed by atoms with van der Waals surface area (Å²) >= 11 is 6.22. The number of carbonyl (C=O) groups excluding carboxylic acids is 1. The van der Waals surface area contributed by atoms with E-state index in [1.165, 1.54) is 11.1 Å². The van der Waals surface area contributed by atoms with Crippen molar-refractivity contribution in [2.75, 3.05) is 13.1 Å². The van der Waals surface area contributed by atoms with E-state index in [4.69, 9.17) is 16.0 Å². The molecule has 0 bridgehead atoms. The van der Waals surface area contributed by atoms with Gasteiger partial charge in [-0.3, -0.25) is 9.69 Å². The monoisotopic (exact) mass is 424 g/mol. The van der Waals surface area contributed by atoms with Crippen LogP contribution < -0.4 is 0 Å². The van der Waals surface area contributed by atoms with Crippen molar-refractivity contribution in [3.63, 3.8) is 0 Å². The number of hydrogen-bond acceptors (Lipinski definition) is 5. The van der Waals surface area contributed by atoms with Gasteiger partial charge in [-0.05, 0) is 43.5 Å². The van der Waals surface area contributed by atoms with Crippen LogP contribution in [0.3, 0.4) is 0 Å². The standard InChI is InChI=1S/C23H25ClN4O2/c1-16(2)28(14-21-25-26-23(30-21)19-9-5-6-10-20(19)24)22(29)15-27-12-11-17-7-3-4-8-18(17)13-27/h3-10,16H,11-15H2,1-2H3. The van der Waals surface area contributed by atoms with Gasteiger partial charge in [0.25, 0.3) is 0 Å². The number of hydrogen-bond donors (Lipinski definition) is 0. The van der Waals surface area contributed by atoms with Crippen LogP contribution in [0.2, 0.25) is 5.02 Å². The molecule has 0 saturated carbocycles. The first-order chi connectivity index (χ1) is 14.5. The predicted octanol–water partition coefficient (Wildman–Crippen LogP) is 4.19. The SMILES string of the molecule is CC(C)N(Cc1nnc(-c2ccccc2Cl)o1)C(=O)CN1CCc2ccccc2C1. The zero-order chi connectivity index (χ0) is 21.1. The maximum absolute atomic E-state index is 13.1. The lowest BCUT2D eigenvalue weighted by molar-refractivity contribution is -0.135. The van der Waals surface area contributed by atoms with Gasteiger partial charge >= 0.3 is 0 Å². The lowest BCUT2D eigenvalue weighted by atomic mass is 10.00. The minimum Gasteiger partial charge on any atom is -0.419 e. The molecule has 3 aromatic rings. The Bertz CT molecular complexity index is 1030. The Morgan fingerprint density at radius 3 is 2.63 bits per heavy atom. The number of halogens is 1. The van der Waals surface area contributed by atoms with E-state index in [-0.39, 0.29) is 18.5 Å². The van der Waals surface area contributed by atoms with Gasteiger partial charge in [-0.1, -0.05) is 48.0 Å². The molecule has 1 aromatic heterocycles. The summed E-state index contributed by atoms with van der Waals surface area (Å²) in [6, 6.07) is 15.8. The first kappa shape index (κ1) is 20.6. The molecule has 0 aliphatic carbocycles. The second-order valence-corrected chi connectivity index (χ2v) is 8.23. The fourth-order valence-corrected chi connectivity index (χ4v) is 3.95. The van der Waals surface area contributed by atoms with Gasteiger partial charge in [0.15, 0.2) is 0 Å². The van der Waals surface area contributed by atoms with Gasteiger partial charge in [0, 0.05) is 19.1 Å². The van der Waals surface area contributed by atoms with Crippen LogP contribution in [0.5, 0.6) is 0 Å². The number of rotatable bonds is 6. The number of nitrogens with zero attached hydrogens (tertiary/aromatic N) is 4. The van der Waals surface area contributed by atoms with Gasteiger partial charge in [0.1, 0.15) is 0 Å². The Morgan fingerprint density at radius 1 is 1.13 bits per heavy atom. The van der Waals surface area contributed by atoms with Crippen LogP contribution in [0.4, 0.5) is 0 Å². The molecule has 2 aromatic carbocycles. The van der Waals surface area contributed by atoms with Crippen molar-refractivity contribution in [3.8, 4) is 11.5 Å². The van der Waals surface area contributed by atoms with Gasteiger partial charge < -0.3 is 9.32 Å². The first-order valence-electron chi connectivity index (χ1n) is 10.2. The Kier molecular flexibility index (Phi) is 6.16. The molecule has 0 radical (unpaired) electrons. The fourth-order valence-electron chi connectivity index (χ4n) is 3.74. The molecule has 7 heteroatoms. The van der Waals surface area contributed by atoms with E-state index in [0.29, 0.717) is 28.9 Å². The summed E-state index contributed by atoms with van der Waals surface area (Å²) < 4.78 is 5.80. The van der Waals surface area contributed by atoms with E-state index in [1.54, 1.807) is 11.0 Å². The van der Waals surface area contributed by atoms with Crippen LogP contribution in [-0.2, 0) is 24.3 Å². The summed E-state index contributed by atoms with van der Waals surface area (Å²) in [5, 5.41) is 8.79. The minimum atomic E-state index is 0.0187. The normalized spacial score (nSPS) is 14.0. The van der Waals surface area contributed by atoms with Crippen molar-refractivity contribution < 1.29 is 9.21 Å². The molecule has 6 nitrogen and oxygen atoms in total. The first-order valence-corrected chi connectivity index (χ1v) is 10.5. The summed E-state index contributed by atoms with van der Waals surface area (Å²) in [6.07, 6.45) is 0.968. The minimum absolute atomic E-state index is 0.0187. The third kappa shape index (κ3) is 4.55. The molecule has 4 rings (SSSR count). The molecular weight excluding hydrogens is 400 g/mol. The maximum Gasteiger partial charge on any atom is 0.249 e. The average Bonchev–Trinajstić information content (AvgIpc) is 3.20. The van der Waals surface area contributed by atoms with Crippen LogP contribution in [-0.4, -0.2) is 45.0 Å². The number of carbonyl (C=O) groups is 1. The molecule has 2 heterocycles. The van der Waals surface area contributed by atoms with Crippen LogP contribution in [0.25, 0.3) is 11.5 Å². The lowest BCUT2D eigenvalue weighted by Crippen LogP contribution is -2.44. The zero-order valence-electron chi connectivity index (χ0n) is 17.2. The molecule has 156 valence electrons. The smallest absolute Gasteiger partial charge is 0.249 e. The second kappa shape index (κ2) is 8.98. The number of fused-ring (bicyclic) bond motifs is 1. The highest BCUT2D eigenvalue weighted by atomic mass is 35.5. The van der Waals surface area contributed by atoms with E-state index in [2.05, 4.69) is 39.4 Å². The Morgan fingerprint density at radius 2 is 1.87 bits per heavy atom. The predicted molar refractivity (Wildman–Crippen MR) is 116 cm³/mol. The molecule has 0 saturated heterocycles. The second-order valence-electron chi connectivity index (χ2n) is 7.83. The molecular formula is C23H25ClN4O2. The largest absolute Gasteiger partial charge is 0.419 e. The highest BCUT2D eigenvalue weighted by Gasteiger charge is 2.25. The number of aromatic nitrogens is 2. The molecule has 30 heavy (non-hydrogen) atoms. The van der Waals surface area contributed by atoms with E-state index in [9.17, 15) is 4.79 Å². The fraction of sp³-hybridized carbons (Fsp3) is 0.348. The summed E-state index contributed by atoms with van der Waals surface area (Å²) in [6.45, 7) is 6.32. The summed E-state index contributed by atoms with van der Waals surface area (Å²) in [5.41, 5.74) is 3.36. The average molecular weight is 425 g/mol. The number of amides is 1. The molecule has 1 amide bonds. The van der Waals surface area contributed by atoms with E-state index in [1.807, 2.05) is 32.0 Å². The lowest BCUT2D eigenvalue weighted by Gasteiger charge is -2.32. The van der Waals surface area contributed by atoms with Gasteiger partial charge in [-0.15, -0.1) is 10.2 Å². The molecule has 0 atom stereocenters. The molecule has 1 aliphatic heterocycles. The van der Waals surface area contributed by atoms with Crippen LogP contribution >= 0.6 is 11.6 Å². The summed E-state index contributed by atoms with van der Waals surface area (Å²) in [5.74, 6) is 0.817. The van der Waals surface area contributed by atoms with Crippen molar-refractivity contribution in [2.24, 2.45) is 0 Å². The molecule has 0 N–H and O–H groups in total. The highest BCUT2D eigenvalue weighted by Crippen LogP contribution is 2.26. The van der Waals surface area contributed by atoms with Crippen molar-refractivity contribution >= 4 is 17.5 Å². The van der Waals surface area contributed by atoms with Crippen LogP contribution in [0, 0.1) is 0 Å². The van der Waals surface area contributed by atoms with Crippen molar-refractivity contribution in [1.29, 1.82) is 0 Å². The van der Waals surface area contributed by atoms with Gasteiger partial charge in [0.05, 0.1) is 23.7 Å². The third-order valence-corrected chi connectivity index (χ3v) is 5.72. The van der Waals surface area contributed by atoms with Crippen molar-refractivity contribution in [2.45, 2.75) is 39.4 Å². The maximum atomic E-state index is 13.1. The summed E-state index contributed by atoms with van der Waals surface area (Å²) in [7, 11) is 0. The number of benzene rings is 2. The molecule has 0 fully saturated rings. The molecule has 1 aliphatic rings.